The summed E-state index contributed by atoms with van der Waals surface area (Å²) in [6, 6.07) is 13.2. The van der Waals surface area contributed by atoms with Crippen molar-refractivity contribution in [3.05, 3.63) is 82.9 Å². The molecule has 0 bridgehead atoms. The van der Waals surface area contributed by atoms with Crippen molar-refractivity contribution in [2.75, 3.05) is 26.5 Å². The Balaban J connectivity index is 2.03. The molecular formula is C26H23F3N2O5. The molecule has 0 radical (unpaired) electrons. The summed E-state index contributed by atoms with van der Waals surface area (Å²) >= 11 is 0. The first-order valence-corrected chi connectivity index (χ1v) is 10.6. The Labute approximate surface area is 205 Å². The molecular weight excluding hydrogens is 477 g/mol. The smallest absolute Gasteiger partial charge is 0.416 e. The predicted octanol–water partition coefficient (Wildman–Crippen LogP) is 4.96. The monoisotopic (exact) mass is 500 g/mol. The van der Waals surface area contributed by atoms with E-state index in [0.717, 1.165) is 12.1 Å². The van der Waals surface area contributed by atoms with Crippen LogP contribution in [0.5, 0.6) is 5.75 Å². The van der Waals surface area contributed by atoms with Gasteiger partial charge in [0.15, 0.2) is 0 Å². The lowest BCUT2D eigenvalue weighted by Gasteiger charge is -2.17. The van der Waals surface area contributed by atoms with Crippen LogP contribution in [0.1, 0.15) is 31.8 Å². The van der Waals surface area contributed by atoms with Crippen LogP contribution in [0.3, 0.4) is 0 Å². The molecule has 0 atom stereocenters. The topological polar surface area (TPSA) is 95.9 Å². The maximum Gasteiger partial charge on any atom is 0.416 e. The zero-order valence-corrected chi connectivity index (χ0v) is 19.6. The molecule has 0 unspecified atom stereocenters. The van der Waals surface area contributed by atoms with Gasteiger partial charge in [-0.1, -0.05) is 18.2 Å². The van der Waals surface area contributed by atoms with Gasteiger partial charge in [0, 0.05) is 19.7 Å². The summed E-state index contributed by atoms with van der Waals surface area (Å²) in [5.74, 6) is -1.75. The number of carbonyl (C=O) groups is 3. The number of carbonyl (C=O) groups excluding carboxylic acids is 2. The lowest BCUT2D eigenvalue weighted by molar-refractivity contribution is -0.138. The first kappa shape index (κ1) is 26.3. The molecule has 0 saturated heterocycles. The van der Waals surface area contributed by atoms with E-state index in [0.29, 0.717) is 22.4 Å². The second-order valence-corrected chi connectivity index (χ2v) is 8.09. The number of alkyl halides is 3. The molecule has 0 heterocycles. The van der Waals surface area contributed by atoms with Gasteiger partial charge in [0.2, 0.25) is 0 Å². The Morgan fingerprint density at radius 2 is 1.61 bits per heavy atom. The molecule has 3 aromatic rings. The minimum Gasteiger partial charge on any atom is -0.497 e. The van der Waals surface area contributed by atoms with Crippen molar-refractivity contribution >= 4 is 23.5 Å². The highest BCUT2D eigenvalue weighted by atomic mass is 19.4. The number of hydrogen-bond acceptors (Lipinski definition) is 4. The minimum atomic E-state index is -4.50. The van der Waals surface area contributed by atoms with E-state index >= 15 is 0 Å². The number of aliphatic carboxylic acids is 1. The number of halogens is 3. The Kier molecular flexibility index (Phi) is 7.67. The number of carboxylic acids is 1. The van der Waals surface area contributed by atoms with Crippen LogP contribution in [0.25, 0.3) is 11.1 Å². The van der Waals surface area contributed by atoms with E-state index in [2.05, 4.69) is 5.32 Å². The van der Waals surface area contributed by atoms with Crippen molar-refractivity contribution < 1.29 is 37.4 Å². The first-order valence-electron chi connectivity index (χ1n) is 10.6. The number of rotatable bonds is 7. The van der Waals surface area contributed by atoms with Gasteiger partial charge in [-0.05, 0) is 59.2 Å². The summed E-state index contributed by atoms with van der Waals surface area (Å²) in [6.07, 6.45) is -4.81. The summed E-state index contributed by atoms with van der Waals surface area (Å²) in [4.78, 5) is 38.4. The van der Waals surface area contributed by atoms with Gasteiger partial charge in [-0.25, -0.2) is 0 Å². The first-order chi connectivity index (χ1) is 16.9. The minimum absolute atomic E-state index is 0.0942. The number of nitrogens with one attached hydrogen (secondary N) is 1. The fraction of sp³-hybridized carbons (Fsp3) is 0.192. The molecule has 0 fully saturated rings. The van der Waals surface area contributed by atoms with Gasteiger partial charge in [0.05, 0.1) is 30.3 Å². The molecule has 36 heavy (non-hydrogen) atoms. The molecule has 0 spiro atoms. The molecule has 10 heteroatoms. The van der Waals surface area contributed by atoms with E-state index in [-0.39, 0.29) is 23.2 Å². The molecule has 3 rings (SSSR count). The standard InChI is InChI=1S/C26H23F3N2O5/c1-31(2)25(35)21-12-15(13-23(32)33)4-11-22(21)30-24(34)19-10-9-18(36-3)14-20(19)16-5-7-17(8-6-16)26(27,28)29/h4-12,14H,13H2,1-3H3,(H,30,34)(H,32,33). The number of amides is 2. The summed E-state index contributed by atoms with van der Waals surface area (Å²) in [5, 5.41) is 11.7. The molecule has 3 aromatic carbocycles. The third kappa shape index (κ3) is 6.01. The third-order valence-corrected chi connectivity index (χ3v) is 5.32. The predicted molar refractivity (Wildman–Crippen MR) is 127 cm³/mol. The number of hydrogen-bond donors (Lipinski definition) is 2. The van der Waals surface area contributed by atoms with Crippen molar-refractivity contribution in [3.63, 3.8) is 0 Å². The number of ether oxygens (including phenoxy) is 1. The number of carboxylic acid groups (broad SMARTS) is 1. The van der Waals surface area contributed by atoms with Crippen molar-refractivity contribution in [1.29, 1.82) is 0 Å². The average molecular weight is 500 g/mol. The molecule has 7 nitrogen and oxygen atoms in total. The van der Waals surface area contributed by atoms with Crippen LogP contribution in [-0.2, 0) is 17.4 Å². The molecule has 0 saturated carbocycles. The lowest BCUT2D eigenvalue weighted by Crippen LogP contribution is -2.24. The lowest BCUT2D eigenvalue weighted by atomic mass is 9.97. The van der Waals surface area contributed by atoms with E-state index < -0.39 is 29.5 Å². The van der Waals surface area contributed by atoms with Crippen molar-refractivity contribution in [2.24, 2.45) is 0 Å². The normalized spacial score (nSPS) is 11.1. The fourth-order valence-corrected chi connectivity index (χ4v) is 3.52. The second-order valence-electron chi connectivity index (χ2n) is 8.09. The van der Waals surface area contributed by atoms with E-state index in [4.69, 9.17) is 9.84 Å². The molecule has 2 N–H and O–H groups in total. The van der Waals surface area contributed by atoms with Gasteiger partial charge >= 0.3 is 12.1 Å². The number of anilines is 1. The molecule has 0 aliphatic rings. The molecule has 0 aliphatic heterocycles. The molecule has 2 amide bonds. The van der Waals surface area contributed by atoms with Crippen molar-refractivity contribution in [3.8, 4) is 16.9 Å². The number of nitrogens with zero attached hydrogens (tertiary/aromatic N) is 1. The highest BCUT2D eigenvalue weighted by molar-refractivity contribution is 6.12. The third-order valence-electron chi connectivity index (χ3n) is 5.32. The van der Waals surface area contributed by atoms with Crippen LogP contribution in [0, 0.1) is 0 Å². The van der Waals surface area contributed by atoms with E-state index in [1.54, 1.807) is 0 Å². The summed E-state index contributed by atoms with van der Waals surface area (Å²) in [7, 11) is 4.46. The van der Waals surface area contributed by atoms with Gasteiger partial charge in [0.1, 0.15) is 5.75 Å². The van der Waals surface area contributed by atoms with Crippen LogP contribution >= 0.6 is 0 Å². The van der Waals surface area contributed by atoms with Crippen LogP contribution in [-0.4, -0.2) is 49.0 Å². The molecule has 0 aliphatic carbocycles. The Morgan fingerprint density at radius 3 is 2.17 bits per heavy atom. The highest BCUT2D eigenvalue weighted by Crippen LogP contribution is 2.33. The Bertz CT molecular complexity index is 1300. The molecule has 188 valence electrons. The van der Waals surface area contributed by atoms with E-state index in [1.165, 1.54) is 74.6 Å². The second kappa shape index (κ2) is 10.5. The Hall–Kier alpha value is -4.34. The zero-order valence-electron chi connectivity index (χ0n) is 19.6. The van der Waals surface area contributed by atoms with Gasteiger partial charge in [0.25, 0.3) is 11.8 Å². The van der Waals surface area contributed by atoms with E-state index in [9.17, 15) is 27.6 Å². The maximum absolute atomic E-state index is 13.3. The van der Waals surface area contributed by atoms with Crippen LogP contribution in [0.15, 0.2) is 60.7 Å². The quantitative estimate of drug-likeness (QED) is 0.478. The average Bonchev–Trinajstić information content (AvgIpc) is 2.83. The zero-order chi connectivity index (χ0) is 26.6. The number of methoxy groups -OCH3 is 1. The van der Waals surface area contributed by atoms with Crippen molar-refractivity contribution in [1.82, 2.24) is 4.90 Å². The van der Waals surface area contributed by atoms with Gasteiger partial charge in [-0.15, -0.1) is 0 Å². The maximum atomic E-state index is 13.3. The van der Waals surface area contributed by atoms with Crippen LogP contribution < -0.4 is 10.1 Å². The van der Waals surface area contributed by atoms with Crippen LogP contribution in [0.2, 0.25) is 0 Å². The van der Waals surface area contributed by atoms with E-state index in [1.807, 2.05) is 0 Å². The summed E-state index contributed by atoms with van der Waals surface area (Å²) in [6.45, 7) is 0. The van der Waals surface area contributed by atoms with Gasteiger partial charge in [-0.3, -0.25) is 14.4 Å². The fourth-order valence-electron chi connectivity index (χ4n) is 3.52. The largest absolute Gasteiger partial charge is 0.497 e. The number of benzene rings is 3. The SMILES string of the molecule is COc1ccc(C(=O)Nc2ccc(CC(=O)O)cc2C(=O)N(C)C)c(-c2ccc(C(F)(F)F)cc2)c1. The summed E-state index contributed by atoms with van der Waals surface area (Å²) in [5.41, 5.74) is 0.609. The van der Waals surface area contributed by atoms with Crippen molar-refractivity contribution in [2.45, 2.75) is 12.6 Å². The van der Waals surface area contributed by atoms with Crippen LogP contribution in [0.4, 0.5) is 18.9 Å². The summed E-state index contributed by atoms with van der Waals surface area (Å²) < 4.78 is 44.2. The van der Waals surface area contributed by atoms with Gasteiger partial charge < -0.3 is 20.1 Å². The highest BCUT2D eigenvalue weighted by Gasteiger charge is 2.30. The Morgan fingerprint density at radius 1 is 0.944 bits per heavy atom. The molecule has 0 aromatic heterocycles. The van der Waals surface area contributed by atoms with Gasteiger partial charge in [-0.2, -0.15) is 13.2 Å².